The van der Waals surface area contributed by atoms with Crippen molar-refractivity contribution in [1.82, 2.24) is 0 Å². The highest BCUT2D eigenvalue weighted by atomic mass is 32.2. The van der Waals surface area contributed by atoms with Crippen molar-refractivity contribution in [2.24, 2.45) is 5.92 Å². The molecule has 42 heavy (non-hydrogen) atoms. The smallest absolute Gasteiger partial charge is 0.309 e. The fourth-order valence-corrected chi connectivity index (χ4v) is 6.38. The number of aliphatic carboxylic acids is 1. The van der Waals surface area contributed by atoms with Crippen LogP contribution in [0.5, 0.6) is 17.2 Å². The molecule has 0 spiro atoms. The van der Waals surface area contributed by atoms with Crippen LogP contribution in [0.15, 0.2) is 48.5 Å². The molecule has 2 aliphatic rings. The van der Waals surface area contributed by atoms with Crippen molar-refractivity contribution in [2.75, 3.05) is 18.6 Å². The van der Waals surface area contributed by atoms with Gasteiger partial charge in [-0.2, -0.15) is 0 Å². The molecule has 8 nitrogen and oxygen atoms in total. The molecule has 0 aliphatic carbocycles. The van der Waals surface area contributed by atoms with Crippen molar-refractivity contribution < 1.29 is 37.3 Å². The van der Waals surface area contributed by atoms with E-state index in [9.17, 15) is 18.3 Å². The van der Waals surface area contributed by atoms with E-state index in [0.717, 1.165) is 50.4 Å². The van der Waals surface area contributed by atoms with Crippen molar-refractivity contribution in [2.45, 2.75) is 65.5 Å². The lowest BCUT2D eigenvalue weighted by Crippen LogP contribution is -2.30. The van der Waals surface area contributed by atoms with Gasteiger partial charge in [-0.1, -0.05) is 12.1 Å². The number of hydrogen-bond acceptors (Lipinski definition) is 7. The molecule has 2 atom stereocenters. The molecule has 1 unspecified atom stereocenters. The van der Waals surface area contributed by atoms with Gasteiger partial charge in [0.2, 0.25) is 0 Å². The minimum absolute atomic E-state index is 0.0969. The second-order valence-corrected chi connectivity index (χ2v) is 14.2. The standard InChI is InChI=1S/C33H38O8S/c1-20-13-26(38-11-6-12-42(5,36)37)15-23-17-33(3,4)41-29-10-7-22(14-28(29)30(20)23)18-39-25-8-9-27-24(16-25)19-40-31(27)21(2)32(34)35/h7-10,13-16,21,31H,6,11-12,17-19H2,1-5H3,(H,34,35)/t21?,31-/m0/s1. The van der Waals surface area contributed by atoms with Gasteiger partial charge in [-0.3, -0.25) is 4.79 Å². The zero-order valence-corrected chi connectivity index (χ0v) is 25.5. The number of sulfone groups is 1. The summed E-state index contributed by atoms with van der Waals surface area (Å²) in [6.45, 7) is 8.89. The Morgan fingerprint density at radius 3 is 2.57 bits per heavy atom. The third-order valence-electron chi connectivity index (χ3n) is 7.72. The number of carbonyl (C=O) groups is 1. The molecular weight excluding hydrogens is 556 g/mol. The Kier molecular flexibility index (Phi) is 8.27. The van der Waals surface area contributed by atoms with Crippen LogP contribution in [0.25, 0.3) is 11.1 Å². The summed E-state index contributed by atoms with van der Waals surface area (Å²) in [5.74, 6) is 0.814. The Balaban J connectivity index is 1.36. The molecule has 2 heterocycles. The van der Waals surface area contributed by atoms with Crippen LogP contribution in [0, 0.1) is 12.8 Å². The molecular formula is C33H38O8S. The summed E-state index contributed by atoms with van der Waals surface area (Å²) in [5.41, 5.74) is 6.64. The number of aryl methyl sites for hydroxylation is 1. The van der Waals surface area contributed by atoms with Gasteiger partial charge in [-0.25, -0.2) is 8.42 Å². The van der Waals surface area contributed by atoms with E-state index in [-0.39, 0.29) is 5.75 Å². The lowest BCUT2D eigenvalue weighted by Gasteiger charge is -2.25. The minimum atomic E-state index is -3.02. The van der Waals surface area contributed by atoms with E-state index >= 15 is 0 Å². The molecule has 0 aromatic heterocycles. The van der Waals surface area contributed by atoms with Gasteiger partial charge in [-0.15, -0.1) is 0 Å². The van der Waals surface area contributed by atoms with Crippen molar-refractivity contribution in [3.63, 3.8) is 0 Å². The highest BCUT2D eigenvalue weighted by Crippen LogP contribution is 2.44. The first-order valence-corrected chi connectivity index (χ1v) is 16.2. The van der Waals surface area contributed by atoms with Gasteiger partial charge in [0.1, 0.15) is 39.3 Å². The summed E-state index contributed by atoms with van der Waals surface area (Å²) >= 11 is 0. The van der Waals surface area contributed by atoms with Crippen LogP contribution in [-0.4, -0.2) is 43.7 Å². The summed E-state index contributed by atoms with van der Waals surface area (Å²) in [5, 5.41) is 9.39. The monoisotopic (exact) mass is 594 g/mol. The molecule has 0 radical (unpaired) electrons. The molecule has 3 aromatic carbocycles. The molecule has 0 amide bonds. The summed E-state index contributed by atoms with van der Waals surface area (Å²) < 4.78 is 47.3. The highest BCUT2D eigenvalue weighted by molar-refractivity contribution is 7.90. The third-order valence-corrected chi connectivity index (χ3v) is 8.75. The molecule has 0 saturated carbocycles. The number of fused-ring (bicyclic) bond motifs is 4. The van der Waals surface area contributed by atoms with Gasteiger partial charge in [-0.05, 0) is 104 Å². The van der Waals surface area contributed by atoms with Crippen LogP contribution < -0.4 is 14.2 Å². The van der Waals surface area contributed by atoms with Crippen LogP contribution in [0.4, 0.5) is 0 Å². The van der Waals surface area contributed by atoms with E-state index in [0.29, 0.717) is 38.4 Å². The Morgan fingerprint density at radius 2 is 1.83 bits per heavy atom. The molecule has 0 saturated heterocycles. The number of carboxylic acids is 1. The molecule has 0 fully saturated rings. The van der Waals surface area contributed by atoms with Crippen molar-refractivity contribution >= 4 is 15.8 Å². The second-order valence-electron chi connectivity index (χ2n) is 12.0. The van der Waals surface area contributed by atoms with Crippen molar-refractivity contribution in [3.05, 3.63) is 76.3 Å². The molecule has 3 aromatic rings. The first-order valence-electron chi connectivity index (χ1n) is 14.2. The Labute approximate surface area is 247 Å². The largest absolute Gasteiger partial charge is 0.494 e. The lowest BCUT2D eigenvalue weighted by atomic mass is 9.89. The Morgan fingerprint density at radius 1 is 1.07 bits per heavy atom. The predicted octanol–water partition coefficient (Wildman–Crippen LogP) is 6.06. The summed E-state index contributed by atoms with van der Waals surface area (Å²) in [6, 6.07) is 15.8. The topological polar surface area (TPSA) is 108 Å². The average molecular weight is 595 g/mol. The molecule has 5 rings (SSSR count). The van der Waals surface area contributed by atoms with Crippen LogP contribution >= 0.6 is 0 Å². The maximum atomic E-state index is 11.5. The Bertz CT molecular complexity index is 1610. The maximum absolute atomic E-state index is 11.5. The zero-order valence-electron chi connectivity index (χ0n) is 24.7. The minimum Gasteiger partial charge on any atom is -0.494 e. The average Bonchev–Trinajstić information content (AvgIpc) is 3.27. The van der Waals surface area contributed by atoms with E-state index in [4.69, 9.17) is 18.9 Å². The van der Waals surface area contributed by atoms with Gasteiger partial charge >= 0.3 is 5.97 Å². The van der Waals surface area contributed by atoms with Gasteiger partial charge < -0.3 is 24.1 Å². The van der Waals surface area contributed by atoms with E-state index < -0.39 is 33.4 Å². The molecule has 1 N–H and O–H groups in total. The van der Waals surface area contributed by atoms with Crippen LogP contribution in [-0.2, 0) is 39.0 Å². The summed E-state index contributed by atoms with van der Waals surface area (Å²) in [6.07, 6.45) is 1.90. The molecule has 224 valence electrons. The second kappa shape index (κ2) is 11.6. The first kappa shape index (κ1) is 29.9. The maximum Gasteiger partial charge on any atom is 0.309 e. The van der Waals surface area contributed by atoms with Gasteiger partial charge in [0.05, 0.1) is 31.0 Å². The van der Waals surface area contributed by atoms with Crippen LogP contribution in [0.1, 0.15) is 61.1 Å². The first-order chi connectivity index (χ1) is 19.8. The SMILES string of the molecule is Cc1cc(OCCCS(C)(=O)=O)cc2c1-c1cc(COc3ccc4c(c3)CO[C@H]4C(C)C(=O)O)ccc1OC(C)(C)C2. The quantitative estimate of drug-likeness (QED) is 0.282. The van der Waals surface area contributed by atoms with Gasteiger partial charge in [0, 0.05) is 18.2 Å². The fourth-order valence-electron chi connectivity index (χ4n) is 5.74. The van der Waals surface area contributed by atoms with Gasteiger partial charge in [0.15, 0.2) is 0 Å². The summed E-state index contributed by atoms with van der Waals surface area (Å²) in [7, 11) is -3.02. The zero-order chi connectivity index (χ0) is 30.2. The van der Waals surface area contributed by atoms with Gasteiger partial charge in [0.25, 0.3) is 0 Å². The lowest BCUT2D eigenvalue weighted by molar-refractivity contribution is -0.146. The van der Waals surface area contributed by atoms with Crippen LogP contribution in [0.3, 0.4) is 0 Å². The number of hydrogen-bond donors (Lipinski definition) is 1. The normalized spacial score (nSPS) is 17.7. The summed E-state index contributed by atoms with van der Waals surface area (Å²) in [4.78, 5) is 11.4. The van der Waals surface area contributed by atoms with E-state index in [1.165, 1.54) is 6.26 Å². The van der Waals surface area contributed by atoms with Crippen molar-refractivity contribution in [3.8, 4) is 28.4 Å². The number of benzene rings is 3. The number of carboxylic acid groups (broad SMARTS) is 1. The molecule has 0 bridgehead atoms. The highest BCUT2D eigenvalue weighted by Gasteiger charge is 2.33. The van der Waals surface area contributed by atoms with E-state index in [1.807, 2.05) is 42.5 Å². The van der Waals surface area contributed by atoms with Crippen LogP contribution in [0.2, 0.25) is 0 Å². The fraction of sp³-hybridized carbons (Fsp3) is 0.424. The van der Waals surface area contributed by atoms with Crippen molar-refractivity contribution in [1.29, 1.82) is 0 Å². The molecule has 9 heteroatoms. The Hall–Kier alpha value is -3.56. The van der Waals surface area contributed by atoms with E-state index in [1.54, 1.807) is 6.92 Å². The predicted molar refractivity (Wildman–Crippen MR) is 160 cm³/mol. The van der Waals surface area contributed by atoms with E-state index in [2.05, 4.69) is 26.8 Å². The molecule has 2 aliphatic heterocycles. The number of rotatable bonds is 10. The third kappa shape index (κ3) is 6.73. The number of ether oxygens (including phenoxy) is 4.